The Hall–Kier alpha value is -4.99. The molecule has 1 aliphatic carbocycles. The number of hydrogen-bond acceptors (Lipinski definition) is 6. The summed E-state index contributed by atoms with van der Waals surface area (Å²) in [5, 5.41) is 11.3. The smallest absolute Gasteiger partial charge is 0.224 e. The van der Waals surface area contributed by atoms with E-state index in [0.29, 0.717) is 52.0 Å². The standard InChI is InChI=1S/C32H29FN8O/c1-18-9-20(12-23(33)10-18)28-30-26(7-8-35-28)38-32(39-30)29-25-14-22(16-36-31(25)41-40-29)21-13-24(17-34-15-21)37-27(42)11-19-5-3-2-4-6-19/h7-10,12-17,19H,2-6,11H2,1H3,(H,37,42)(H,38,39)(H,36,40,41). The molecule has 1 saturated carbocycles. The molecule has 5 heterocycles. The first-order valence-electron chi connectivity index (χ1n) is 14.2. The highest BCUT2D eigenvalue weighted by molar-refractivity contribution is 5.96. The number of hydrogen-bond donors (Lipinski definition) is 3. The highest BCUT2D eigenvalue weighted by Crippen LogP contribution is 2.33. The second-order valence-corrected chi connectivity index (χ2v) is 11.1. The van der Waals surface area contributed by atoms with Gasteiger partial charge in [0.2, 0.25) is 5.91 Å². The summed E-state index contributed by atoms with van der Waals surface area (Å²) in [4.78, 5) is 34.3. The zero-order valence-corrected chi connectivity index (χ0v) is 23.1. The third-order valence-corrected chi connectivity index (χ3v) is 7.91. The highest BCUT2D eigenvalue weighted by atomic mass is 19.1. The molecule has 42 heavy (non-hydrogen) atoms. The molecule has 6 aromatic rings. The molecule has 7 rings (SSSR count). The van der Waals surface area contributed by atoms with Crippen LogP contribution in [0.2, 0.25) is 0 Å². The number of fused-ring (bicyclic) bond motifs is 2. The van der Waals surface area contributed by atoms with Gasteiger partial charge < -0.3 is 10.3 Å². The van der Waals surface area contributed by atoms with Crippen LogP contribution in [-0.4, -0.2) is 41.0 Å². The number of aryl methyl sites for hydroxylation is 1. The molecule has 10 heteroatoms. The number of nitrogens with zero attached hydrogens (tertiary/aromatic N) is 5. The van der Waals surface area contributed by atoms with Crippen molar-refractivity contribution in [1.82, 2.24) is 35.1 Å². The van der Waals surface area contributed by atoms with Crippen LogP contribution in [0.4, 0.5) is 10.1 Å². The molecule has 9 nitrogen and oxygen atoms in total. The number of rotatable bonds is 6. The summed E-state index contributed by atoms with van der Waals surface area (Å²) < 4.78 is 14.2. The van der Waals surface area contributed by atoms with E-state index in [2.05, 4.69) is 35.5 Å². The highest BCUT2D eigenvalue weighted by Gasteiger charge is 2.19. The fourth-order valence-electron chi connectivity index (χ4n) is 5.91. The summed E-state index contributed by atoms with van der Waals surface area (Å²) in [5.74, 6) is 0.709. The Bertz CT molecular complexity index is 1920. The van der Waals surface area contributed by atoms with Crippen LogP contribution in [0.1, 0.15) is 44.1 Å². The van der Waals surface area contributed by atoms with Gasteiger partial charge >= 0.3 is 0 Å². The maximum absolute atomic E-state index is 14.2. The predicted molar refractivity (Wildman–Crippen MR) is 160 cm³/mol. The SMILES string of the molecule is Cc1cc(F)cc(-c2nccc3[nH]c(-c4n[nH]c5ncc(-c6cncc(NC(=O)CC7CCCCC7)c6)cc45)nc23)c1. The second-order valence-electron chi connectivity index (χ2n) is 11.1. The van der Waals surface area contributed by atoms with Crippen LogP contribution in [-0.2, 0) is 4.79 Å². The molecule has 0 spiro atoms. The quantitative estimate of drug-likeness (QED) is 0.202. The van der Waals surface area contributed by atoms with Crippen molar-refractivity contribution >= 4 is 33.7 Å². The van der Waals surface area contributed by atoms with Gasteiger partial charge in [0.25, 0.3) is 0 Å². The van der Waals surface area contributed by atoms with Crippen molar-refractivity contribution < 1.29 is 9.18 Å². The average Bonchev–Trinajstić information content (AvgIpc) is 3.61. The molecule has 0 atom stereocenters. The van der Waals surface area contributed by atoms with Crippen LogP contribution in [0.5, 0.6) is 0 Å². The molecule has 1 aliphatic rings. The van der Waals surface area contributed by atoms with Gasteiger partial charge in [-0.2, -0.15) is 5.10 Å². The Morgan fingerprint density at radius 3 is 2.69 bits per heavy atom. The van der Waals surface area contributed by atoms with Crippen LogP contribution in [0.25, 0.3) is 56.0 Å². The lowest BCUT2D eigenvalue weighted by Gasteiger charge is -2.20. The lowest BCUT2D eigenvalue weighted by atomic mass is 9.87. The summed E-state index contributed by atoms with van der Waals surface area (Å²) in [5.41, 5.74) is 6.95. The largest absolute Gasteiger partial charge is 0.336 e. The average molecular weight is 561 g/mol. The fraction of sp³-hybridized carbons (Fsp3) is 0.250. The number of carbonyl (C=O) groups excluding carboxylic acids is 1. The topological polar surface area (TPSA) is 125 Å². The number of H-pyrrole nitrogens is 2. The first-order chi connectivity index (χ1) is 20.5. The Kier molecular flexibility index (Phi) is 6.65. The minimum Gasteiger partial charge on any atom is -0.336 e. The third-order valence-electron chi connectivity index (χ3n) is 7.91. The fourth-order valence-corrected chi connectivity index (χ4v) is 5.91. The van der Waals surface area contributed by atoms with E-state index in [-0.39, 0.29) is 11.7 Å². The Morgan fingerprint density at radius 2 is 1.83 bits per heavy atom. The molecule has 5 aromatic heterocycles. The van der Waals surface area contributed by atoms with Gasteiger partial charge in [-0.3, -0.25) is 19.9 Å². The van der Waals surface area contributed by atoms with Gasteiger partial charge in [0, 0.05) is 41.7 Å². The first kappa shape index (κ1) is 25.9. The normalized spacial score (nSPS) is 14.0. The number of anilines is 1. The van der Waals surface area contributed by atoms with Gasteiger partial charge in [0.1, 0.15) is 17.0 Å². The van der Waals surface area contributed by atoms with Crippen molar-refractivity contribution in [3.05, 3.63) is 72.6 Å². The van der Waals surface area contributed by atoms with Crippen molar-refractivity contribution in [2.24, 2.45) is 5.92 Å². The summed E-state index contributed by atoms with van der Waals surface area (Å²) in [6, 6.07) is 10.6. The van der Waals surface area contributed by atoms with Crippen molar-refractivity contribution in [2.45, 2.75) is 45.4 Å². The molecule has 210 valence electrons. The van der Waals surface area contributed by atoms with Gasteiger partial charge in [-0.25, -0.2) is 14.4 Å². The number of carbonyl (C=O) groups is 1. The van der Waals surface area contributed by atoms with E-state index in [1.165, 1.54) is 31.4 Å². The predicted octanol–water partition coefficient (Wildman–Crippen LogP) is 6.98. The van der Waals surface area contributed by atoms with E-state index in [1.807, 2.05) is 31.2 Å². The second kappa shape index (κ2) is 10.8. The van der Waals surface area contributed by atoms with Gasteiger partial charge in [0.15, 0.2) is 11.5 Å². The first-order valence-corrected chi connectivity index (χ1v) is 14.2. The number of aromatic amines is 2. The number of pyridine rings is 3. The lowest BCUT2D eigenvalue weighted by molar-refractivity contribution is -0.117. The van der Waals surface area contributed by atoms with E-state index in [1.54, 1.807) is 24.8 Å². The summed E-state index contributed by atoms with van der Waals surface area (Å²) >= 11 is 0. The van der Waals surface area contributed by atoms with Crippen molar-refractivity contribution in [3.63, 3.8) is 0 Å². The van der Waals surface area contributed by atoms with Gasteiger partial charge in [-0.05, 0) is 67.6 Å². The molecule has 0 saturated heterocycles. The zero-order chi connectivity index (χ0) is 28.6. The number of nitrogens with one attached hydrogen (secondary N) is 3. The molecular formula is C32H29FN8O. The number of halogens is 1. The minimum absolute atomic E-state index is 0.0266. The number of aromatic nitrogens is 7. The Balaban J connectivity index is 1.20. The Labute approximate surface area is 241 Å². The molecule has 0 radical (unpaired) electrons. The molecule has 1 fully saturated rings. The van der Waals surface area contributed by atoms with Gasteiger partial charge in [0.05, 0.1) is 28.5 Å². The summed E-state index contributed by atoms with van der Waals surface area (Å²) in [6.07, 6.45) is 13.3. The molecule has 0 aliphatic heterocycles. The number of benzene rings is 1. The van der Waals surface area contributed by atoms with E-state index < -0.39 is 0 Å². The Morgan fingerprint density at radius 1 is 0.976 bits per heavy atom. The van der Waals surface area contributed by atoms with Crippen LogP contribution in [0.15, 0.2) is 61.2 Å². The van der Waals surface area contributed by atoms with Crippen molar-refractivity contribution in [2.75, 3.05) is 5.32 Å². The van der Waals surface area contributed by atoms with Crippen LogP contribution >= 0.6 is 0 Å². The van der Waals surface area contributed by atoms with Gasteiger partial charge in [-0.15, -0.1) is 0 Å². The summed E-state index contributed by atoms with van der Waals surface area (Å²) in [6.45, 7) is 1.85. The van der Waals surface area contributed by atoms with E-state index in [0.717, 1.165) is 40.4 Å². The molecule has 1 amide bonds. The molecule has 3 N–H and O–H groups in total. The maximum Gasteiger partial charge on any atom is 0.224 e. The number of amides is 1. The minimum atomic E-state index is -0.321. The monoisotopic (exact) mass is 560 g/mol. The van der Waals surface area contributed by atoms with Crippen LogP contribution in [0, 0.1) is 18.7 Å². The van der Waals surface area contributed by atoms with Crippen LogP contribution < -0.4 is 5.32 Å². The molecule has 0 bridgehead atoms. The van der Waals surface area contributed by atoms with Crippen LogP contribution in [0.3, 0.4) is 0 Å². The van der Waals surface area contributed by atoms with E-state index >= 15 is 0 Å². The number of imidazole rings is 1. The summed E-state index contributed by atoms with van der Waals surface area (Å²) in [7, 11) is 0. The van der Waals surface area contributed by atoms with Gasteiger partial charge in [-0.1, -0.05) is 19.3 Å². The molecular weight excluding hydrogens is 531 g/mol. The maximum atomic E-state index is 14.2. The zero-order valence-electron chi connectivity index (χ0n) is 23.1. The molecule has 1 aromatic carbocycles. The van der Waals surface area contributed by atoms with E-state index in [4.69, 9.17) is 4.98 Å². The lowest BCUT2D eigenvalue weighted by Crippen LogP contribution is -2.18. The van der Waals surface area contributed by atoms with Crippen molar-refractivity contribution in [3.8, 4) is 33.9 Å². The third kappa shape index (κ3) is 5.11. The molecule has 0 unspecified atom stereocenters. The van der Waals surface area contributed by atoms with Crippen molar-refractivity contribution in [1.29, 1.82) is 0 Å². The van der Waals surface area contributed by atoms with E-state index in [9.17, 15) is 9.18 Å².